The first-order valence-electron chi connectivity index (χ1n) is 9.13. The number of carbonyl (C=O) groups is 1. The van der Waals surface area contributed by atoms with Crippen molar-refractivity contribution < 1.29 is 13.7 Å². The van der Waals surface area contributed by atoms with Crippen molar-refractivity contribution >= 4 is 17.5 Å². The van der Waals surface area contributed by atoms with E-state index in [0.717, 1.165) is 6.42 Å². The number of benzene rings is 2. The summed E-state index contributed by atoms with van der Waals surface area (Å²) in [6.07, 6.45) is 1.22. The second kappa shape index (κ2) is 8.97. The van der Waals surface area contributed by atoms with Crippen LogP contribution in [0.25, 0.3) is 11.4 Å². The third-order valence-electron chi connectivity index (χ3n) is 4.63. The van der Waals surface area contributed by atoms with Gasteiger partial charge in [0.05, 0.1) is 10.6 Å². The predicted octanol–water partition coefficient (Wildman–Crippen LogP) is 5.01. The first-order valence-corrected chi connectivity index (χ1v) is 9.51. The number of aromatic nitrogens is 2. The summed E-state index contributed by atoms with van der Waals surface area (Å²) < 4.78 is 18.4. The fraction of sp³-hybridized carbons (Fsp3) is 0.286. The standard InChI is InChI=1S/C21H21ClFN3O2/c1-3-14(2)26(21(27)17-6-4-5-7-18(17)22)13-12-19-24-20(25-28-19)15-8-10-16(23)11-9-15/h4-11,14H,3,12-13H2,1-2H3/t14-/m1/s1. The van der Waals surface area contributed by atoms with Gasteiger partial charge in [-0.05, 0) is 49.7 Å². The fourth-order valence-electron chi connectivity index (χ4n) is 2.82. The molecule has 1 amide bonds. The molecule has 0 bridgehead atoms. The second-order valence-electron chi connectivity index (χ2n) is 6.50. The predicted molar refractivity (Wildman–Crippen MR) is 106 cm³/mol. The third kappa shape index (κ3) is 4.57. The molecule has 0 aliphatic heterocycles. The molecule has 3 rings (SSSR count). The van der Waals surface area contributed by atoms with Crippen molar-refractivity contribution in [3.05, 3.63) is 70.8 Å². The van der Waals surface area contributed by atoms with Gasteiger partial charge >= 0.3 is 0 Å². The van der Waals surface area contributed by atoms with Crippen LogP contribution in [0, 0.1) is 5.82 Å². The van der Waals surface area contributed by atoms with E-state index in [9.17, 15) is 9.18 Å². The number of amides is 1. The van der Waals surface area contributed by atoms with Gasteiger partial charge in [0.2, 0.25) is 11.7 Å². The summed E-state index contributed by atoms with van der Waals surface area (Å²) in [7, 11) is 0. The lowest BCUT2D eigenvalue weighted by molar-refractivity contribution is 0.0686. The van der Waals surface area contributed by atoms with Gasteiger partial charge in [-0.15, -0.1) is 0 Å². The first-order chi connectivity index (χ1) is 13.5. The minimum absolute atomic E-state index is 0.0308. The highest BCUT2D eigenvalue weighted by atomic mass is 35.5. The molecule has 0 unspecified atom stereocenters. The molecule has 1 heterocycles. The molecule has 0 N–H and O–H groups in total. The lowest BCUT2D eigenvalue weighted by atomic mass is 10.1. The van der Waals surface area contributed by atoms with Crippen LogP contribution in [0.1, 0.15) is 36.5 Å². The largest absolute Gasteiger partial charge is 0.339 e. The van der Waals surface area contributed by atoms with Gasteiger partial charge in [-0.25, -0.2) is 4.39 Å². The van der Waals surface area contributed by atoms with Gasteiger partial charge in [-0.2, -0.15) is 4.98 Å². The fourth-order valence-corrected chi connectivity index (χ4v) is 3.04. The van der Waals surface area contributed by atoms with Crippen LogP contribution in [-0.4, -0.2) is 33.5 Å². The SMILES string of the molecule is CC[C@@H](C)N(CCc1nc(-c2ccc(F)cc2)no1)C(=O)c1ccccc1Cl. The molecule has 5 nitrogen and oxygen atoms in total. The summed E-state index contributed by atoms with van der Waals surface area (Å²) >= 11 is 6.20. The molecule has 7 heteroatoms. The Bertz CT molecular complexity index is 943. The summed E-state index contributed by atoms with van der Waals surface area (Å²) in [5.74, 6) is 0.357. The maximum atomic E-state index is 13.1. The van der Waals surface area contributed by atoms with Crippen molar-refractivity contribution in [3.8, 4) is 11.4 Å². The Balaban J connectivity index is 1.73. The number of hydrogen-bond acceptors (Lipinski definition) is 4. The Morgan fingerprint density at radius 1 is 1.21 bits per heavy atom. The van der Waals surface area contributed by atoms with Crippen molar-refractivity contribution in [2.45, 2.75) is 32.7 Å². The topological polar surface area (TPSA) is 59.2 Å². The number of carbonyl (C=O) groups excluding carboxylic acids is 1. The van der Waals surface area contributed by atoms with Crippen molar-refractivity contribution in [3.63, 3.8) is 0 Å². The minimum atomic E-state index is -0.324. The molecule has 0 spiro atoms. The molecule has 0 saturated carbocycles. The van der Waals surface area contributed by atoms with E-state index in [2.05, 4.69) is 10.1 Å². The van der Waals surface area contributed by atoms with Gasteiger partial charge in [0.1, 0.15) is 5.82 Å². The normalized spacial score (nSPS) is 12.0. The maximum Gasteiger partial charge on any atom is 0.255 e. The lowest BCUT2D eigenvalue weighted by Crippen LogP contribution is -2.40. The number of halogens is 2. The van der Waals surface area contributed by atoms with Gasteiger partial charge in [0.25, 0.3) is 5.91 Å². The van der Waals surface area contributed by atoms with Crippen molar-refractivity contribution in [2.24, 2.45) is 0 Å². The molecule has 0 fully saturated rings. The third-order valence-corrected chi connectivity index (χ3v) is 4.95. The molecular formula is C21H21ClFN3O2. The quantitative estimate of drug-likeness (QED) is 0.558. The van der Waals surface area contributed by atoms with Gasteiger partial charge in [0.15, 0.2) is 0 Å². The number of nitrogens with zero attached hydrogens (tertiary/aromatic N) is 3. The van der Waals surface area contributed by atoms with Crippen LogP contribution < -0.4 is 0 Å². The van der Waals surface area contributed by atoms with Crippen LogP contribution in [-0.2, 0) is 6.42 Å². The van der Waals surface area contributed by atoms with Crippen molar-refractivity contribution in [1.29, 1.82) is 0 Å². The maximum absolute atomic E-state index is 13.1. The number of hydrogen-bond donors (Lipinski definition) is 0. The van der Waals surface area contributed by atoms with E-state index >= 15 is 0 Å². The van der Waals surface area contributed by atoms with E-state index in [1.807, 2.05) is 13.8 Å². The Morgan fingerprint density at radius 2 is 1.93 bits per heavy atom. The Hall–Kier alpha value is -2.73. The molecule has 1 atom stereocenters. The summed E-state index contributed by atoms with van der Waals surface area (Å²) in [5.41, 5.74) is 1.14. The minimum Gasteiger partial charge on any atom is -0.339 e. The molecular weight excluding hydrogens is 381 g/mol. The molecule has 0 aliphatic carbocycles. The highest BCUT2D eigenvalue weighted by molar-refractivity contribution is 6.33. The zero-order valence-electron chi connectivity index (χ0n) is 15.7. The zero-order chi connectivity index (χ0) is 20.1. The smallest absolute Gasteiger partial charge is 0.255 e. The van der Waals surface area contributed by atoms with Crippen LogP contribution in [0.5, 0.6) is 0 Å². The van der Waals surface area contributed by atoms with Gasteiger partial charge in [-0.1, -0.05) is 35.8 Å². The Kier molecular flexibility index (Phi) is 6.41. The summed E-state index contributed by atoms with van der Waals surface area (Å²) in [6.45, 7) is 4.44. The summed E-state index contributed by atoms with van der Waals surface area (Å²) in [5, 5.41) is 4.37. The van der Waals surface area contributed by atoms with E-state index in [1.54, 1.807) is 41.3 Å². The van der Waals surface area contributed by atoms with E-state index in [4.69, 9.17) is 16.1 Å². The summed E-state index contributed by atoms with van der Waals surface area (Å²) in [4.78, 5) is 19.1. The first kappa shape index (κ1) is 20.0. The summed E-state index contributed by atoms with van der Waals surface area (Å²) in [6, 6.07) is 12.9. The van der Waals surface area contributed by atoms with Crippen molar-refractivity contribution in [1.82, 2.24) is 15.0 Å². The van der Waals surface area contributed by atoms with Crippen LogP contribution in [0.4, 0.5) is 4.39 Å². The highest BCUT2D eigenvalue weighted by Crippen LogP contribution is 2.20. The van der Waals surface area contributed by atoms with E-state index in [0.29, 0.717) is 40.8 Å². The molecule has 28 heavy (non-hydrogen) atoms. The number of rotatable bonds is 7. The van der Waals surface area contributed by atoms with E-state index < -0.39 is 0 Å². The van der Waals surface area contributed by atoms with Crippen molar-refractivity contribution in [2.75, 3.05) is 6.54 Å². The Labute approximate surface area is 168 Å². The lowest BCUT2D eigenvalue weighted by Gasteiger charge is -2.28. The van der Waals surface area contributed by atoms with Crippen LogP contribution in [0.2, 0.25) is 5.02 Å². The highest BCUT2D eigenvalue weighted by Gasteiger charge is 2.23. The molecule has 1 aromatic heterocycles. The van der Waals surface area contributed by atoms with Gasteiger partial charge in [0, 0.05) is 24.6 Å². The van der Waals surface area contributed by atoms with Gasteiger partial charge in [-0.3, -0.25) is 4.79 Å². The van der Waals surface area contributed by atoms with Crippen LogP contribution in [0.3, 0.4) is 0 Å². The monoisotopic (exact) mass is 401 g/mol. The van der Waals surface area contributed by atoms with E-state index in [-0.39, 0.29) is 17.8 Å². The second-order valence-corrected chi connectivity index (χ2v) is 6.91. The average molecular weight is 402 g/mol. The molecule has 3 aromatic rings. The average Bonchev–Trinajstić information content (AvgIpc) is 3.17. The van der Waals surface area contributed by atoms with Crippen LogP contribution >= 0.6 is 11.6 Å². The molecule has 0 radical (unpaired) electrons. The molecule has 0 aliphatic rings. The van der Waals surface area contributed by atoms with Crippen LogP contribution in [0.15, 0.2) is 53.1 Å². The molecule has 146 valence electrons. The zero-order valence-corrected chi connectivity index (χ0v) is 16.5. The molecule has 0 saturated heterocycles. The molecule has 2 aromatic carbocycles. The Morgan fingerprint density at radius 3 is 2.61 bits per heavy atom. The van der Waals surface area contributed by atoms with E-state index in [1.165, 1.54) is 12.1 Å². The van der Waals surface area contributed by atoms with Gasteiger partial charge < -0.3 is 9.42 Å².